The van der Waals surface area contributed by atoms with Gasteiger partial charge in [-0.2, -0.15) is 0 Å². The van der Waals surface area contributed by atoms with E-state index in [4.69, 9.17) is 45.9 Å². The molecular formula is C96H186N20O14. The summed E-state index contributed by atoms with van der Waals surface area (Å²) in [7, 11) is 0. The summed E-state index contributed by atoms with van der Waals surface area (Å²) in [5.41, 5.74) is 47.5. The first-order valence-electron chi connectivity index (χ1n) is 50.8. The van der Waals surface area contributed by atoms with Crippen LogP contribution in [-0.4, -0.2) is 220 Å². The number of aliphatic hydroxyl groups excluding tert-OH is 2. The fraction of sp³-hybridized carbons (Fsp3) is 0.833. The van der Waals surface area contributed by atoms with Gasteiger partial charge in [0, 0.05) is 65.2 Å². The van der Waals surface area contributed by atoms with Gasteiger partial charge in [-0.3, -0.25) is 57.5 Å². The highest BCUT2D eigenvalue weighted by Crippen LogP contribution is 2.16. The Morgan fingerprint density at radius 2 is 0.423 bits per heavy atom. The van der Waals surface area contributed by atoms with E-state index in [1.807, 2.05) is 0 Å². The molecule has 10 unspecified atom stereocenters. The van der Waals surface area contributed by atoms with Gasteiger partial charge in [0.25, 0.3) is 0 Å². The maximum Gasteiger partial charge on any atom is 0.244 e. The Hall–Kier alpha value is -7.28. The van der Waals surface area contributed by atoms with E-state index >= 15 is 0 Å². The first-order chi connectivity index (χ1) is 62.9. The molecule has 0 spiro atoms. The van der Waals surface area contributed by atoms with Crippen LogP contribution in [0.3, 0.4) is 0 Å². The standard InChI is InChI=1S/C96H186N20O14/c1-3-5-7-9-11-13-15-17-19-21-23-25-27-29-31-45-65-109-93(127)81(59-41-51-71-111-95(129)83(73-117)115-91(125)79(103)57-39-49-69-107-89(123)77(101)55-37-47-67-105-87(121)75(99)53-35-43-63-97)113-85(119)61-33-34-62-86(120)114-82(94(128)110-66-46-32-30-28-26-24-22-20-18-16-14-12-10-8-6-4-2)60-42-52-72-112-96(130)84(74-118)116-92(126)80(104)58-40-50-70-108-90(124)78(102)56-38-48-68-106-88(122)76(100)54-36-44-64-98/h17-20,75-84,117-118H,3-16,21-74,97-104H2,1-2H3,(H,105,121)(H,106,122)(H,107,123)(H,108,124)(H,109,127)(H,110,128)(H,111,129)(H,112,130)(H,113,119)(H,114,120)(H,115,125)(H,116,126)/b19-17-,20-18-. The monoisotopic (exact) mass is 1840 g/mol. The molecule has 12 amide bonds. The fourth-order valence-electron chi connectivity index (χ4n) is 14.8. The average molecular weight is 1840 g/mol. The molecule has 0 aromatic carbocycles. The van der Waals surface area contributed by atoms with Crippen molar-refractivity contribution in [2.45, 2.75) is 434 Å². The second-order valence-electron chi connectivity index (χ2n) is 35.3. The quantitative estimate of drug-likeness (QED) is 0.0222. The van der Waals surface area contributed by atoms with E-state index < -0.39 is 97.3 Å². The maximum absolute atomic E-state index is 13.8. The summed E-state index contributed by atoms with van der Waals surface area (Å²) < 4.78 is 0. The summed E-state index contributed by atoms with van der Waals surface area (Å²) in [4.78, 5) is 157. The van der Waals surface area contributed by atoms with Crippen molar-refractivity contribution in [1.29, 1.82) is 0 Å². The Labute approximate surface area is 781 Å². The van der Waals surface area contributed by atoms with Gasteiger partial charge in [-0.15, -0.1) is 0 Å². The van der Waals surface area contributed by atoms with Crippen LogP contribution in [0.1, 0.15) is 373 Å². The van der Waals surface area contributed by atoms with Crippen LogP contribution < -0.4 is 110 Å². The summed E-state index contributed by atoms with van der Waals surface area (Å²) >= 11 is 0. The van der Waals surface area contributed by atoms with Crippen molar-refractivity contribution in [1.82, 2.24) is 63.8 Å². The average Bonchev–Trinajstić information content (AvgIpc) is 0.916. The Morgan fingerprint density at radius 1 is 0.223 bits per heavy atom. The third kappa shape index (κ3) is 71.4. The van der Waals surface area contributed by atoms with Gasteiger partial charge in [-0.1, -0.05) is 167 Å². The summed E-state index contributed by atoms with van der Waals surface area (Å²) in [6, 6.07) is -9.02. The van der Waals surface area contributed by atoms with Crippen molar-refractivity contribution in [3.8, 4) is 0 Å². The van der Waals surface area contributed by atoms with Gasteiger partial charge < -0.3 is 120 Å². The van der Waals surface area contributed by atoms with E-state index in [2.05, 4.69) is 102 Å². The molecule has 0 saturated heterocycles. The topological polar surface area (TPSA) is 598 Å². The summed E-state index contributed by atoms with van der Waals surface area (Å²) in [5.74, 6) is -5.07. The molecule has 0 heterocycles. The van der Waals surface area contributed by atoms with Crippen molar-refractivity contribution >= 4 is 70.9 Å². The summed E-state index contributed by atoms with van der Waals surface area (Å²) in [5, 5.41) is 53.8. The minimum absolute atomic E-state index is 0.00786. The molecule has 0 aromatic heterocycles. The molecule has 34 nitrogen and oxygen atoms in total. The minimum atomic E-state index is -1.29. The highest BCUT2D eigenvalue weighted by Gasteiger charge is 2.28. The normalized spacial score (nSPS) is 13.8. The van der Waals surface area contributed by atoms with Crippen LogP contribution in [0.2, 0.25) is 0 Å². The van der Waals surface area contributed by atoms with Gasteiger partial charge in [-0.25, -0.2) is 0 Å². The zero-order chi connectivity index (χ0) is 96.1. The molecule has 30 N–H and O–H groups in total. The van der Waals surface area contributed by atoms with Crippen molar-refractivity contribution in [3.05, 3.63) is 24.3 Å². The summed E-state index contributed by atoms with van der Waals surface area (Å²) in [6.45, 7) is 6.75. The molecule has 0 radical (unpaired) electrons. The number of carbonyl (C=O) groups excluding carboxylic acids is 12. The molecule has 0 fully saturated rings. The molecule has 130 heavy (non-hydrogen) atoms. The van der Waals surface area contributed by atoms with Crippen molar-refractivity contribution in [2.75, 3.05) is 78.7 Å². The van der Waals surface area contributed by atoms with Gasteiger partial charge in [0.05, 0.1) is 49.5 Å². The lowest BCUT2D eigenvalue weighted by Crippen LogP contribution is -2.53. The number of carbonyl (C=O) groups is 12. The van der Waals surface area contributed by atoms with Gasteiger partial charge in [0.2, 0.25) is 70.9 Å². The molecule has 0 saturated carbocycles. The molecule has 0 aliphatic rings. The lowest BCUT2D eigenvalue weighted by molar-refractivity contribution is -0.130. The smallest absolute Gasteiger partial charge is 0.244 e. The second-order valence-corrected chi connectivity index (χ2v) is 35.3. The molecule has 0 aromatic rings. The van der Waals surface area contributed by atoms with E-state index in [1.54, 1.807) is 0 Å². The molecule has 0 aliphatic heterocycles. The number of nitrogens with two attached hydrogens (primary N) is 8. The Kier molecular flexibility index (Phi) is 82.2. The number of unbranched alkanes of at least 4 members (excludes halogenated alkanes) is 33. The summed E-state index contributed by atoms with van der Waals surface area (Å²) in [6.07, 6.45) is 54.2. The van der Waals surface area contributed by atoms with Crippen LogP contribution in [0.15, 0.2) is 24.3 Å². The first-order valence-corrected chi connectivity index (χ1v) is 50.8. The predicted molar refractivity (Wildman–Crippen MR) is 520 cm³/mol. The largest absolute Gasteiger partial charge is 0.394 e. The van der Waals surface area contributed by atoms with Crippen LogP contribution >= 0.6 is 0 Å². The number of allylic oxidation sites excluding steroid dienone is 4. The molecule has 34 heteroatoms. The molecular weight excluding hydrogens is 1660 g/mol. The van der Waals surface area contributed by atoms with Gasteiger partial charge in [0.15, 0.2) is 0 Å². The zero-order valence-corrected chi connectivity index (χ0v) is 80.6. The first kappa shape index (κ1) is 123. The predicted octanol–water partition coefficient (Wildman–Crippen LogP) is 6.72. The van der Waals surface area contributed by atoms with E-state index in [1.165, 1.54) is 77.0 Å². The van der Waals surface area contributed by atoms with Crippen LogP contribution in [0, 0.1) is 0 Å². The molecule has 0 bridgehead atoms. The Morgan fingerprint density at radius 3 is 0.669 bits per heavy atom. The van der Waals surface area contributed by atoms with Crippen molar-refractivity contribution in [2.24, 2.45) is 45.9 Å². The highest BCUT2D eigenvalue weighted by atomic mass is 16.3. The third-order valence-electron chi connectivity index (χ3n) is 23.3. The Balaban J connectivity index is 5.69. The number of hydrogen-bond donors (Lipinski definition) is 22. The lowest BCUT2D eigenvalue weighted by Gasteiger charge is -2.20. The number of hydrogen-bond acceptors (Lipinski definition) is 22. The van der Waals surface area contributed by atoms with Crippen LogP contribution in [0.4, 0.5) is 0 Å². The SMILES string of the molecule is CCCCCCCC/C=C\CCCCCCCCNC(=O)C(CCCCNC(=O)C(CO)NC(=O)C(N)CCCCNC(=O)C(N)CCCCNC(=O)C(N)CCCCN)NC(=O)CCCCC(=O)NC(CCCCNC(=O)C(CO)NC(=O)C(N)CCCCNC(=O)C(N)CCCCNC(=O)C(N)CCCCN)C(=O)NCCCCCCCC/C=C\CCCCCCCC. The fourth-order valence-corrected chi connectivity index (χ4v) is 14.8. The number of aliphatic hydroxyl groups is 2. The number of rotatable bonds is 91. The van der Waals surface area contributed by atoms with E-state index in [-0.39, 0.29) is 98.9 Å². The van der Waals surface area contributed by atoms with Gasteiger partial charge in [-0.05, 0) is 231 Å². The van der Waals surface area contributed by atoms with E-state index in [9.17, 15) is 67.7 Å². The lowest BCUT2D eigenvalue weighted by atomic mass is 10.1. The van der Waals surface area contributed by atoms with Crippen LogP contribution in [0.25, 0.3) is 0 Å². The third-order valence-corrected chi connectivity index (χ3v) is 23.3. The zero-order valence-electron chi connectivity index (χ0n) is 80.6. The van der Waals surface area contributed by atoms with Gasteiger partial charge >= 0.3 is 0 Å². The minimum Gasteiger partial charge on any atom is -0.394 e. The molecule has 754 valence electrons. The number of amides is 12. The Bertz CT molecular complexity index is 2810. The highest BCUT2D eigenvalue weighted by molar-refractivity contribution is 5.91. The van der Waals surface area contributed by atoms with Crippen LogP contribution in [0.5, 0.6) is 0 Å². The van der Waals surface area contributed by atoms with Crippen molar-refractivity contribution < 1.29 is 67.7 Å². The van der Waals surface area contributed by atoms with Crippen LogP contribution in [-0.2, 0) is 57.5 Å². The van der Waals surface area contributed by atoms with E-state index in [0.29, 0.717) is 168 Å². The second kappa shape index (κ2) is 87.1. The van der Waals surface area contributed by atoms with Crippen molar-refractivity contribution in [3.63, 3.8) is 0 Å². The number of nitrogens with one attached hydrogen (secondary N) is 12. The van der Waals surface area contributed by atoms with E-state index in [0.717, 1.165) is 128 Å². The molecule has 10 atom stereocenters. The molecule has 0 rings (SSSR count). The maximum atomic E-state index is 13.8. The van der Waals surface area contributed by atoms with Gasteiger partial charge in [0.1, 0.15) is 24.2 Å². The molecule has 0 aliphatic carbocycles.